The lowest BCUT2D eigenvalue weighted by Gasteiger charge is -2.05. The highest BCUT2D eigenvalue weighted by atomic mass is 35.5. The number of hydrogen-bond acceptors (Lipinski definition) is 0. The zero-order valence-electron chi connectivity index (χ0n) is 7.55. The number of aryl methyl sites for hydroxylation is 1. The molecule has 0 aliphatic rings. The van der Waals surface area contributed by atoms with E-state index in [1.807, 2.05) is 0 Å². The molecule has 0 saturated heterocycles. The van der Waals surface area contributed by atoms with Gasteiger partial charge in [0.05, 0.1) is 0 Å². The highest BCUT2D eigenvalue weighted by Crippen LogP contribution is 2.23. The Kier molecular flexibility index (Phi) is 2.24. The molecule has 2 aromatic rings. The average molecular weight is 191 g/mol. The Labute approximate surface area is 83.1 Å². The second-order valence-electron chi connectivity index (χ2n) is 3.22. The first kappa shape index (κ1) is 8.58. The van der Waals surface area contributed by atoms with Gasteiger partial charge in [0, 0.05) is 5.88 Å². The predicted molar refractivity (Wildman–Crippen MR) is 58.2 cm³/mol. The molecule has 0 N–H and O–H groups in total. The predicted octanol–water partition coefficient (Wildman–Crippen LogP) is 3.89. The molecule has 0 fully saturated rings. The van der Waals surface area contributed by atoms with Gasteiger partial charge in [-0.2, -0.15) is 0 Å². The van der Waals surface area contributed by atoms with Crippen LogP contribution in [-0.4, -0.2) is 0 Å². The van der Waals surface area contributed by atoms with Gasteiger partial charge >= 0.3 is 0 Å². The van der Waals surface area contributed by atoms with Crippen molar-refractivity contribution in [2.75, 3.05) is 0 Å². The van der Waals surface area contributed by atoms with Gasteiger partial charge in [0.1, 0.15) is 0 Å². The van der Waals surface area contributed by atoms with E-state index in [4.69, 9.17) is 11.6 Å². The summed E-state index contributed by atoms with van der Waals surface area (Å²) in [4.78, 5) is 0. The molecule has 0 heterocycles. The number of hydrogen-bond donors (Lipinski definition) is 0. The standard InChI is InChI=1S/C12H11Cl/c1-9-4-2-5-10-6-3-7-11(8-13)12(9)10/h2-7H,8H2,1H3. The van der Waals surface area contributed by atoms with Crippen LogP contribution in [0.15, 0.2) is 36.4 Å². The van der Waals surface area contributed by atoms with Crippen molar-refractivity contribution in [2.45, 2.75) is 12.8 Å². The molecule has 66 valence electrons. The summed E-state index contributed by atoms with van der Waals surface area (Å²) in [5.74, 6) is 0.586. The molecule has 0 amide bonds. The van der Waals surface area contributed by atoms with Crippen LogP contribution in [0.3, 0.4) is 0 Å². The fourth-order valence-corrected chi connectivity index (χ4v) is 1.95. The van der Waals surface area contributed by atoms with Gasteiger partial charge in [-0.3, -0.25) is 0 Å². The topological polar surface area (TPSA) is 0 Å². The molecule has 0 unspecified atom stereocenters. The van der Waals surface area contributed by atoms with Crippen LogP contribution in [0.5, 0.6) is 0 Å². The molecule has 0 nitrogen and oxygen atoms in total. The van der Waals surface area contributed by atoms with Gasteiger partial charge in [0.15, 0.2) is 0 Å². The maximum atomic E-state index is 5.88. The summed E-state index contributed by atoms with van der Waals surface area (Å²) in [6.45, 7) is 2.12. The Hall–Kier alpha value is -1.01. The van der Waals surface area contributed by atoms with Gasteiger partial charge in [-0.15, -0.1) is 11.6 Å². The molecule has 0 atom stereocenters. The SMILES string of the molecule is Cc1cccc2cccc(CCl)c12. The number of halogens is 1. The number of benzene rings is 2. The molecular weight excluding hydrogens is 180 g/mol. The van der Waals surface area contributed by atoms with Crippen molar-refractivity contribution < 1.29 is 0 Å². The molecule has 1 heteroatoms. The summed E-state index contributed by atoms with van der Waals surface area (Å²) in [5, 5.41) is 2.58. The average Bonchev–Trinajstić information content (AvgIpc) is 2.17. The van der Waals surface area contributed by atoms with Crippen LogP contribution in [0.4, 0.5) is 0 Å². The largest absolute Gasteiger partial charge is 0.122 e. The van der Waals surface area contributed by atoms with E-state index < -0.39 is 0 Å². The monoisotopic (exact) mass is 190 g/mol. The van der Waals surface area contributed by atoms with E-state index >= 15 is 0 Å². The first-order valence-electron chi connectivity index (χ1n) is 4.36. The molecule has 0 aliphatic heterocycles. The van der Waals surface area contributed by atoms with Crippen LogP contribution < -0.4 is 0 Å². The highest BCUT2D eigenvalue weighted by Gasteiger charge is 2.01. The molecular formula is C12H11Cl. The van der Waals surface area contributed by atoms with Gasteiger partial charge in [0.2, 0.25) is 0 Å². The first-order valence-corrected chi connectivity index (χ1v) is 4.89. The van der Waals surface area contributed by atoms with Crippen LogP contribution >= 0.6 is 11.6 Å². The van der Waals surface area contributed by atoms with Crippen molar-refractivity contribution in [3.8, 4) is 0 Å². The molecule has 0 spiro atoms. The third-order valence-corrected chi connectivity index (χ3v) is 2.63. The van der Waals surface area contributed by atoms with Crippen LogP contribution in [0, 0.1) is 6.92 Å². The van der Waals surface area contributed by atoms with Crippen molar-refractivity contribution >= 4 is 22.4 Å². The Morgan fingerprint density at radius 3 is 2.46 bits per heavy atom. The van der Waals surface area contributed by atoms with E-state index in [-0.39, 0.29) is 0 Å². The van der Waals surface area contributed by atoms with Crippen LogP contribution in [0.1, 0.15) is 11.1 Å². The van der Waals surface area contributed by atoms with Crippen molar-refractivity contribution in [2.24, 2.45) is 0 Å². The Balaban J connectivity index is 2.87. The van der Waals surface area contributed by atoms with E-state index in [0.717, 1.165) is 0 Å². The molecule has 0 aliphatic carbocycles. The third kappa shape index (κ3) is 1.42. The minimum atomic E-state index is 0.586. The van der Waals surface area contributed by atoms with Gasteiger partial charge in [-0.05, 0) is 28.8 Å². The second-order valence-corrected chi connectivity index (χ2v) is 3.49. The van der Waals surface area contributed by atoms with Crippen LogP contribution in [0.2, 0.25) is 0 Å². The van der Waals surface area contributed by atoms with Gasteiger partial charge < -0.3 is 0 Å². The molecule has 0 aromatic heterocycles. The molecule has 13 heavy (non-hydrogen) atoms. The molecule has 0 saturated carbocycles. The van der Waals surface area contributed by atoms with Crippen LogP contribution in [-0.2, 0) is 5.88 Å². The molecule has 2 aromatic carbocycles. The van der Waals surface area contributed by atoms with E-state index in [1.54, 1.807) is 0 Å². The highest BCUT2D eigenvalue weighted by molar-refractivity contribution is 6.18. The summed E-state index contributed by atoms with van der Waals surface area (Å²) >= 11 is 5.88. The van der Waals surface area contributed by atoms with Gasteiger partial charge in [-0.1, -0.05) is 36.4 Å². The zero-order valence-corrected chi connectivity index (χ0v) is 8.31. The van der Waals surface area contributed by atoms with Gasteiger partial charge in [-0.25, -0.2) is 0 Å². The van der Waals surface area contributed by atoms with E-state index in [0.29, 0.717) is 5.88 Å². The van der Waals surface area contributed by atoms with Gasteiger partial charge in [0.25, 0.3) is 0 Å². The van der Waals surface area contributed by atoms with Crippen molar-refractivity contribution in [1.29, 1.82) is 0 Å². The summed E-state index contributed by atoms with van der Waals surface area (Å²) < 4.78 is 0. The minimum absolute atomic E-state index is 0.586. The maximum absolute atomic E-state index is 5.88. The maximum Gasteiger partial charge on any atom is 0.0480 e. The summed E-state index contributed by atoms with van der Waals surface area (Å²) in [6.07, 6.45) is 0. The van der Waals surface area contributed by atoms with Crippen LogP contribution in [0.25, 0.3) is 10.8 Å². The van der Waals surface area contributed by atoms with E-state index in [2.05, 4.69) is 43.3 Å². The smallest absolute Gasteiger partial charge is 0.0480 e. The summed E-state index contributed by atoms with van der Waals surface area (Å²) in [6, 6.07) is 12.6. The molecule has 0 bridgehead atoms. The number of alkyl halides is 1. The molecule has 2 rings (SSSR count). The quantitative estimate of drug-likeness (QED) is 0.599. The number of fused-ring (bicyclic) bond motifs is 1. The lowest BCUT2D eigenvalue weighted by molar-refractivity contribution is 1.42. The fourth-order valence-electron chi connectivity index (χ4n) is 1.73. The van der Waals surface area contributed by atoms with Crippen molar-refractivity contribution in [3.63, 3.8) is 0 Å². The zero-order chi connectivity index (χ0) is 9.26. The lowest BCUT2D eigenvalue weighted by atomic mass is 10.0. The second kappa shape index (κ2) is 3.39. The van der Waals surface area contributed by atoms with E-state index in [9.17, 15) is 0 Å². The Bertz CT molecular complexity index is 427. The van der Waals surface area contributed by atoms with E-state index in [1.165, 1.54) is 21.9 Å². The molecule has 0 radical (unpaired) electrons. The minimum Gasteiger partial charge on any atom is -0.122 e. The van der Waals surface area contributed by atoms with Crippen molar-refractivity contribution in [3.05, 3.63) is 47.5 Å². The first-order chi connectivity index (χ1) is 6.33. The summed E-state index contributed by atoms with van der Waals surface area (Å²) in [5.41, 5.74) is 2.52. The number of rotatable bonds is 1. The third-order valence-electron chi connectivity index (χ3n) is 2.34. The normalized spacial score (nSPS) is 10.6. The van der Waals surface area contributed by atoms with Crippen molar-refractivity contribution in [1.82, 2.24) is 0 Å². The lowest BCUT2D eigenvalue weighted by Crippen LogP contribution is -1.84. The fraction of sp³-hybridized carbons (Fsp3) is 0.167. The summed E-state index contributed by atoms with van der Waals surface area (Å²) in [7, 11) is 0. The Morgan fingerprint density at radius 1 is 1.08 bits per heavy atom. The Morgan fingerprint density at radius 2 is 1.77 bits per heavy atom.